The summed E-state index contributed by atoms with van der Waals surface area (Å²) in [5.74, 6) is -0.924. The molecule has 30 heavy (non-hydrogen) atoms. The van der Waals surface area contributed by atoms with Crippen LogP contribution in [0.15, 0.2) is 77.3 Å². The van der Waals surface area contributed by atoms with E-state index in [1.54, 1.807) is 54.6 Å². The molecule has 3 amide bonds. The SMILES string of the molecule is Cc1cc(Br)ccc1NC(=O)CNC(=O)c1ccc(NC(=O)c2ccccc2)cc1. The maximum atomic E-state index is 12.3. The van der Waals surface area contributed by atoms with E-state index in [0.717, 1.165) is 10.0 Å². The third-order valence-corrected chi connectivity index (χ3v) is 4.81. The van der Waals surface area contributed by atoms with Crippen molar-refractivity contribution >= 4 is 45.0 Å². The Morgan fingerprint density at radius 3 is 2.13 bits per heavy atom. The molecule has 6 nitrogen and oxygen atoms in total. The minimum absolute atomic E-state index is 0.152. The number of hydrogen-bond donors (Lipinski definition) is 3. The van der Waals surface area contributed by atoms with Crippen LogP contribution in [-0.2, 0) is 4.79 Å². The van der Waals surface area contributed by atoms with Crippen molar-refractivity contribution in [2.45, 2.75) is 6.92 Å². The van der Waals surface area contributed by atoms with Crippen LogP contribution in [0.2, 0.25) is 0 Å². The molecule has 0 saturated heterocycles. The van der Waals surface area contributed by atoms with Gasteiger partial charge in [-0.15, -0.1) is 0 Å². The Labute approximate surface area is 182 Å². The minimum Gasteiger partial charge on any atom is -0.343 e. The number of benzene rings is 3. The molecule has 152 valence electrons. The van der Waals surface area contributed by atoms with Crippen LogP contribution in [0.4, 0.5) is 11.4 Å². The van der Waals surface area contributed by atoms with Gasteiger partial charge in [-0.05, 0) is 67.1 Å². The lowest BCUT2D eigenvalue weighted by Crippen LogP contribution is -2.33. The number of carbonyl (C=O) groups excluding carboxylic acids is 3. The molecule has 0 radical (unpaired) electrons. The van der Waals surface area contributed by atoms with Crippen molar-refractivity contribution in [3.8, 4) is 0 Å². The van der Waals surface area contributed by atoms with E-state index in [1.807, 2.05) is 25.1 Å². The van der Waals surface area contributed by atoms with Crippen LogP contribution in [0.1, 0.15) is 26.3 Å². The van der Waals surface area contributed by atoms with E-state index in [0.29, 0.717) is 22.5 Å². The molecule has 0 aliphatic heterocycles. The van der Waals surface area contributed by atoms with Gasteiger partial charge in [-0.1, -0.05) is 34.1 Å². The van der Waals surface area contributed by atoms with E-state index < -0.39 is 0 Å². The van der Waals surface area contributed by atoms with Crippen LogP contribution in [0, 0.1) is 6.92 Å². The fraction of sp³-hybridized carbons (Fsp3) is 0.0870. The summed E-state index contributed by atoms with van der Waals surface area (Å²) in [6, 6.07) is 20.8. The molecular weight excluding hydrogens is 446 g/mol. The fourth-order valence-corrected chi connectivity index (χ4v) is 3.20. The summed E-state index contributed by atoms with van der Waals surface area (Å²) in [5.41, 5.74) is 3.11. The van der Waals surface area contributed by atoms with Crippen LogP contribution >= 0.6 is 15.9 Å². The van der Waals surface area contributed by atoms with Gasteiger partial charge < -0.3 is 16.0 Å². The first-order valence-electron chi connectivity index (χ1n) is 9.23. The van der Waals surface area contributed by atoms with E-state index in [4.69, 9.17) is 0 Å². The van der Waals surface area contributed by atoms with E-state index in [9.17, 15) is 14.4 Å². The van der Waals surface area contributed by atoms with Gasteiger partial charge in [0.2, 0.25) is 5.91 Å². The Balaban J connectivity index is 1.52. The van der Waals surface area contributed by atoms with Crippen molar-refractivity contribution in [3.63, 3.8) is 0 Å². The van der Waals surface area contributed by atoms with Gasteiger partial charge in [0.05, 0.1) is 6.54 Å². The summed E-state index contributed by atoms with van der Waals surface area (Å²) in [7, 11) is 0. The van der Waals surface area contributed by atoms with E-state index >= 15 is 0 Å². The first-order valence-corrected chi connectivity index (χ1v) is 10.0. The molecule has 0 aromatic heterocycles. The largest absolute Gasteiger partial charge is 0.343 e. The minimum atomic E-state index is -0.376. The smallest absolute Gasteiger partial charge is 0.255 e. The molecule has 0 bridgehead atoms. The molecule has 0 fully saturated rings. The number of carbonyl (C=O) groups is 3. The average Bonchev–Trinajstić information content (AvgIpc) is 2.75. The molecule has 0 aliphatic rings. The monoisotopic (exact) mass is 465 g/mol. The van der Waals surface area contributed by atoms with Gasteiger partial charge in [0.1, 0.15) is 0 Å². The van der Waals surface area contributed by atoms with Gasteiger partial charge in [0, 0.05) is 27.0 Å². The molecule has 0 aliphatic carbocycles. The quantitative estimate of drug-likeness (QED) is 0.504. The molecule has 0 unspecified atom stereocenters. The van der Waals surface area contributed by atoms with Crippen molar-refractivity contribution < 1.29 is 14.4 Å². The highest BCUT2D eigenvalue weighted by molar-refractivity contribution is 9.10. The molecule has 0 saturated carbocycles. The second-order valence-electron chi connectivity index (χ2n) is 6.59. The van der Waals surface area contributed by atoms with E-state index in [1.165, 1.54) is 0 Å². The molecule has 3 aromatic rings. The molecule has 3 rings (SSSR count). The second kappa shape index (κ2) is 9.84. The van der Waals surface area contributed by atoms with Crippen molar-refractivity contribution in [2.75, 3.05) is 17.2 Å². The number of amides is 3. The topological polar surface area (TPSA) is 87.3 Å². The number of anilines is 2. The third-order valence-electron chi connectivity index (χ3n) is 4.31. The predicted octanol–water partition coefficient (Wildman–Crippen LogP) is 4.38. The van der Waals surface area contributed by atoms with Crippen LogP contribution in [-0.4, -0.2) is 24.3 Å². The summed E-state index contributed by atoms with van der Waals surface area (Å²) in [6.45, 7) is 1.73. The zero-order valence-electron chi connectivity index (χ0n) is 16.2. The third kappa shape index (κ3) is 5.78. The lowest BCUT2D eigenvalue weighted by atomic mass is 10.1. The first kappa shape index (κ1) is 21.3. The van der Waals surface area contributed by atoms with E-state index in [2.05, 4.69) is 31.9 Å². The van der Waals surface area contributed by atoms with Gasteiger partial charge in [-0.25, -0.2) is 0 Å². The molecule has 0 heterocycles. The van der Waals surface area contributed by atoms with Crippen LogP contribution in [0.5, 0.6) is 0 Å². The average molecular weight is 466 g/mol. The summed E-state index contributed by atoms with van der Waals surface area (Å²) in [6.07, 6.45) is 0. The summed E-state index contributed by atoms with van der Waals surface area (Å²) < 4.78 is 0.926. The van der Waals surface area contributed by atoms with Crippen molar-refractivity contribution in [2.24, 2.45) is 0 Å². The Morgan fingerprint density at radius 1 is 0.800 bits per heavy atom. The van der Waals surface area contributed by atoms with Crippen molar-refractivity contribution in [3.05, 3.63) is 94.0 Å². The van der Waals surface area contributed by atoms with Gasteiger partial charge in [-0.3, -0.25) is 14.4 Å². The molecule has 7 heteroatoms. The zero-order chi connectivity index (χ0) is 21.5. The zero-order valence-corrected chi connectivity index (χ0v) is 17.8. The maximum Gasteiger partial charge on any atom is 0.255 e. The van der Waals surface area contributed by atoms with Gasteiger partial charge >= 0.3 is 0 Å². The number of nitrogens with one attached hydrogen (secondary N) is 3. The van der Waals surface area contributed by atoms with Crippen LogP contribution in [0.3, 0.4) is 0 Å². The van der Waals surface area contributed by atoms with Crippen LogP contribution in [0.25, 0.3) is 0 Å². The van der Waals surface area contributed by atoms with Crippen molar-refractivity contribution in [1.29, 1.82) is 0 Å². The maximum absolute atomic E-state index is 12.3. The van der Waals surface area contributed by atoms with Gasteiger partial charge in [-0.2, -0.15) is 0 Å². The highest BCUT2D eigenvalue weighted by Gasteiger charge is 2.10. The summed E-state index contributed by atoms with van der Waals surface area (Å²) in [5, 5.41) is 8.13. The fourth-order valence-electron chi connectivity index (χ4n) is 2.72. The normalized spacial score (nSPS) is 10.2. The first-order chi connectivity index (χ1) is 14.4. The Kier molecular flexibility index (Phi) is 6.98. The Bertz CT molecular complexity index is 1070. The van der Waals surface area contributed by atoms with Gasteiger partial charge in [0.25, 0.3) is 11.8 Å². The standard InChI is InChI=1S/C23H20BrN3O3/c1-15-13-18(24)9-12-20(15)27-21(28)14-25-22(29)17-7-10-19(11-8-17)26-23(30)16-5-3-2-4-6-16/h2-13H,14H2,1H3,(H,25,29)(H,26,30)(H,27,28). The van der Waals surface area contributed by atoms with Crippen LogP contribution < -0.4 is 16.0 Å². The highest BCUT2D eigenvalue weighted by Crippen LogP contribution is 2.19. The highest BCUT2D eigenvalue weighted by atomic mass is 79.9. The van der Waals surface area contributed by atoms with Crippen molar-refractivity contribution in [1.82, 2.24) is 5.32 Å². The number of halogens is 1. The molecule has 0 atom stereocenters. The molecule has 0 spiro atoms. The summed E-state index contributed by atoms with van der Waals surface area (Å²) >= 11 is 3.38. The lowest BCUT2D eigenvalue weighted by Gasteiger charge is -2.10. The summed E-state index contributed by atoms with van der Waals surface area (Å²) in [4.78, 5) is 36.6. The number of aryl methyl sites for hydroxylation is 1. The molecule has 3 aromatic carbocycles. The number of rotatable bonds is 6. The number of hydrogen-bond acceptors (Lipinski definition) is 3. The second-order valence-corrected chi connectivity index (χ2v) is 7.50. The Hall–Kier alpha value is -3.45. The molecule has 3 N–H and O–H groups in total. The Morgan fingerprint density at radius 2 is 1.47 bits per heavy atom. The predicted molar refractivity (Wildman–Crippen MR) is 121 cm³/mol. The molecular formula is C23H20BrN3O3. The van der Waals surface area contributed by atoms with Gasteiger partial charge in [0.15, 0.2) is 0 Å². The van der Waals surface area contributed by atoms with E-state index in [-0.39, 0.29) is 24.3 Å². The lowest BCUT2D eigenvalue weighted by molar-refractivity contribution is -0.115.